The van der Waals surface area contributed by atoms with Gasteiger partial charge in [-0.25, -0.2) is 0 Å². The van der Waals surface area contributed by atoms with Crippen molar-refractivity contribution in [3.8, 4) is 0 Å². The van der Waals surface area contributed by atoms with E-state index < -0.39 is 0 Å². The second-order valence-electron chi connectivity index (χ2n) is 4.00. The summed E-state index contributed by atoms with van der Waals surface area (Å²) in [4.78, 5) is 0. The van der Waals surface area contributed by atoms with Gasteiger partial charge >= 0.3 is 0 Å². The zero-order valence-corrected chi connectivity index (χ0v) is 8.03. The Morgan fingerprint density at radius 2 is 1.93 bits per heavy atom. The molecule has 0 aliphatic heterocycles. The van der Waals surface area contributed by atoms with E-state index in [2.05, 4.69) is 36.4 Å². The first kappa shape index (κ1) is 8.01. The van der Waals surface area contributed by atoms with Crippen molar-refractivity contribution in [2.24, 2.45) is 5.73 Å². The normalized spacial score (nSPS) is 19.9. The molecule has 1 aliphatic rings. The van der Waals surface area contributed by atoms with Crippen LogP contribution in [-0.2, 0) is 6.42 Å². The van der Waals surface area contributed by atoms with Crippen molar-refractivity contribution < 1.29 is 0 Å². The molecule has 0 spiro atoms. The second-order valence-corrected chi connectivity index (χ2v) is 4.00. The van der Waals surface area contributed by atoms with E-state index in [-0.39, 0.29) is 6.04 Å². The molecule has 0 aromatic heterocycles. The maximum Gasteiger partial charge on any atom is 0.0300 e. The van der Waals surface area contributed by atoms with E-state index in [0.717, 1.165) is 12.8 Å². The van der Waals surface area contributed by atoms with Crippen LogP contribution < -0.4 is 5.73 Å². The van der Waals surface area contributed by atoms with E-state index in [0.29, 0.717) is 0 Å². The lowest BCUT2D eigenvalue weighted by atomic mass is 10.0. The average Bonchev–Trinajstić information content (AvgIpc) is 2.61. The van der Waals surface area contributed by atoms with Crippen LogP contribution in [0.15, 0.2) is 36.4 Å². The summed E-state index contributed by atoms with van der Waals surface area (Å²) in [5, 5.41) is 2.72. The number of rotatable bonds is 0. The standard InChI is InChI=1S/C13H13N/c14-13-8-7-11-10-4-2-1-3-9(10)5-6-12(11)13/h1-6,13H,7-8,14H2/t13-/m0/s1. The minimum absolute atomic E-state index is 0.259. The number of nitrogens with two attached hydrogens (primary N) is 1. The van der Waals surface area contributed by atoms with Crippen molar-refractivity contribution in [3.63, 3.8) is 0 Å². The minimum atomic E-state index is 0.259. The van der Waals surface area contributed by atoms with Crippen molar-refractivity contribution in [3.05, 3.63) is 47.5 Å². The van der Waals surface area contributed by atoms with Crippen LogP contribution >= 0.6 is 0 Å². The molecule has 1 aliphatic carbocycles. The van der Waals surface area contributed by atoms with Crippen LogP contribution in [0, 0.1) is 0 Å². The monoisotopic (exact) mass is 183 g/mol. The fraction of sp³-hybridized carbons (Fsp3) is 0.231. The maximum atomic E-state index is 6.04. The molecule has 0 radical (unpaired) electrons. The van der Waals surface area contributed by atoms with E-state index in [1.54, 1.807) is 0 Å². The summed E-state index contributed by atoms with van der Waals surface area (Å²) in [7, 11) is 0. The summed E-state index contributed by atoms with van der Waals surface area (Å²) < 4.78 is 0. The van der Waals surface area contributed by atoms with Crippen LogP contribution in [0.1, 0.15) is 23.6 Å². The Morgan fingerprint density at radius 3 is 2.86 bits per heavy atom. The molecular formula is C13H13N. The third-order valence-corrected chi connectivity index (χ3v) is 3.18. The molecule has 2 aromatic rings. The van der Waals surface area contributed by atoms with Crippen LogP contribution in [-0.4, -0.2) is 0 Å². The topological polar surface area (TPSA) is 26.0 Å². The Labute approximate surface area is 83.5 Å². The lowest BCUT2D eigenvalue weighted by molar-refractivity contribution is 0.713. The number of benzene rings is 2. The molecule has 1 nitrogen and oxygen atoms in total. The third kappa shape index (κ3) is 0.992. The van der Waals surface area contributed by atoms with Gasteiger partial charge in [-0.05, 0) is 34.7 Å². The molecule has 70 valence electrons. The molecule has 0 amide bonds. The van der Waals surface area contributed by atoms with E-state index in [1.807, 2.05) is 0 Å². The Bertz CT molecular complexity index is 488. The van der Waals surface area contributed by atoms with Gasteiger partial charge in [0.25, 0.3) is 0 Å². The number of aryl methyl sites for hydroxylation is 1. The molecule has 0 bridgehead atoms. The van der Waals surface area contributed by atoms with Crippen LogP contribution in [0.25, 0.3) is 10.8 Å². The number of fused-ring (bicyclic) bond motifs is 3. The van der Waals surface area contributed by atoms with Crippen molar-refractivity contribution in [1.29, 1.82) is 0 Å². The zero-order chi connectivity index (χ0) is 9.54. The Balaban J connectivity index is 2.38. The molecule has 1 atom stereocenters. The maximum absolute atomic E-state index is 6.04. The van der Waals surface area contributed by atoms with Crippen LogP contribution in [0.3, 0.4) is 0 Å². The highest BCUT2D eigenvalue weighted by atomic mass is 14.6. The predicted molar refractivity (Wildman–Crippen MR) is 59.2 cm³/mol. The fourth-order valence-corrected chi connectivity index (χ4v) is 2.43. The van der Waals surface area contributed by atoms with Gasteiger partial charge < -0.3 is 5.73 Å². The molecule has 0 saturated carbocycles. The highest BCUT2D eigenvalue weighted by molar-refractivity contribution is 5.87. The van der Waals surface area contributed by atoms with E-state index in [1.165, 1.54) is 21.9 Å². The van der Waals surface area contributed by atoms with Gasteiger partial charge in [0.2, 0.25) is 0 Å². The number of hydrogen-bond acceptors (Lipinski definition) is 1. The predicted octanol–water partition coefficient (Wildman–Crippen LogP) is 2.79. The lowest BCUT2D eigenvalue weighted by Crippen LogP contribution is -2.04. The average molecular weight is 183 g/mol. The summed E-state index contributed by atoms with van der Waals surface area (Å²) in [6, 6.07) is 13.2. The third-order valence-electron chi connectivity index (χ3n) is 3.18. The smallest absolute Gasteiger partial charge is 0.0300 e. The molecule has 0 unspecified atom stereocenters. The molecule has 14 heavy (non-hydrogen) atoms. The first-order valence-electron chi connectivity index (χ1n) is 5.12. The first-order chi connectivity index (χ1) is 6.86. The molecule has 3 rings (SSSR count). The van der Waals surface area contributed by atoms with E-state index >= 15 is 0 Å². The largest absolute Gasteiger partial charge is 0.324 e. The highest BCUT2D eigenvalue weighted by Gasteiger charge is 2.20. The quantitative estimate of drug-likeness (QED) is 0.667. The van der Waals surface area contributed by atoms with Gasteiger partial charge in [-0.3, -0.25) is 0 Å². The van der Waals surface area contributed by atoms with Gasteiger partial charge in [-0.2, -0.15) is 0 Å². The fourth-order valence-electron chi connectivity index (χ4n) is 2.43. The molecule has 1 heteroatoms. The van der Waals surface area contributed by atoms with Crippen molar-refractivity contribution in [2.75, 3.05) is 0 Å². The molecule has 0 saturated heterocycles. The minimum Gasteiger partial charge on any atom is -0.324 e. The zero-order valence-electron chi connectivity index (χ0n) is 8.03. The van der Waals surface area contributed by atoms with Crippen LogP contribution in [0.4, 0.5) is 0 Å². The van der Waals surface area contributed by atoms with Gasteiger partial charge in [0, 0.05) is 6.04 Å². The van der Waals surface area contributed by atoms with Crippen molar-refractivity contribution in [1.82, 2.24) is 0 Å². The molecule has 0 heterocycles. The summed E-state index contributed by atoms with van der Waals surface area (Å²) in [5.41, 5.74) is 8.86. The van der Waals surface area contributed by atoms with E-state index in [9.17, 15) is 0 Å². The van der Waals surface area contributed by atoms with Gasteiger partial charge in [0.1, 0.15) is 0 Å². The Kier molecular flexibility index (Phi) is 1.62. The second kappa shape index (κ2) is 2.82. The van der Waals surface area contributed by atoms with Crippen molar-refractivity contribution >= 4 is 10.8 Å². The summed E-state index contributed by atoms with van der Waals surface area (Å²) in [6.07, 6.45) is 2.24. The molecular weight excluding hydrogens is 170 g/mol. The van der Waals surface area contributed by atoms with Crippen LogP contribution in [0.2, 0.25) is 0 Å². The SMILES string of the molecule is N[C@H]1CCc2c1ccc1ccccc21. The molecule has 0 fully saturated rings. The highest BCUT2D eigenvalue weighted by Crippen LogP contribution is 2.34. The van der Waals surface area contributed by atoms with Crippen molar-refractivity contribution in [2.45, 2.75) is 18.9 Å². The molecule has 2 N–H and O–H groups in total. The number of hydrogen-bond donors (Lipinski definition) is 1. The Hall–Kier alpha value is -1.34. The molecule has 2 aromatic carbocycles. The summed E-state index contributed by atoms with van der Waals surface area (Å²) >= 11 is 0. The summed E-state index contributed by atoms with van der Waals surface area (Å²) in [5.74, 6) is 0. The van der Waals surface area contributed by atoms with Gasteiger partial charge in [-0.15, -0.1) is 0 Å². The lowest BCUT2D eigenvalue weighted by Gasteiger charge is -2.07. The van der Waals surface area contributed by atoms with Gasteiger partial charge in [0.05, 0.1) is 0 Å². The Morgan fingerprint density at radius 1 is 1.07 bits per heavy atom. The van der Waals surface area contributed by atoms with Gasteiger partial charge in [-0.1, -0.05) is 36.4 Å². The van der Waals surface area contributed by atoms with E-state index in [4.69, 9.17) is 5.73 Å². The first-order valence-corrected chi connectivity index (χ1v) is 5.12. The summed E-state index contributed by atoms with van der Waals surface area (Å²) in [6.45, 7) is 0. The van der Waals surface area contributed by atoms with Gasteiger partial charge in [0.15, 0.2) is 0 Å². The van der Waals surface area contributed by atoms with Crippen LogP contribution in [0.5, 0.6) is 0 Å².